The molecule has 0 saturated carbocycles. The third kappa shape index (κ3) is 6.92. The molecule has 1 saturated heterocycles. The van der Waals surface area contributed by atoms with Gasteiger partial charge in [-0.25, -0.2) is 4.98 Å². The van der Waals surface area contributed by atoms with Crippen molar-refractivity contribution in [1.29, 1.82) is 0 Å². The van der Waals surface area contributed by atoms with Crippen LogP contribution in [-0.2, 0) is 4.79 Å². The largest absolute Gasteiger partial charge is 0.418 e. The molecule has 196 valence electrons. The number of benzene rings is 2. The number of nitrogens with zero attached hydrogens (tertiary/aromatic N) is 3. The molecule has 1 fully saturated rings. The summed E-state index contributed by atoms with van der Waals surface area (Å²) in [6.45, 7) is 5.14. The first-order valence-corrected chi connectivity index (χ1v) is 12.0. The number of carbonyl (C=O) groups excluding carboxylic acids is 4. The Hall–Kier alpha value is -4.77. The molecule has 0 bridgehead atoms. The number of allylic oxidation sites excluding steroid dienone is 1. The van der Waals surface area contributed by atoms with E-state index in [0.717, 1.165) is 13.1 Å². The van der Waals surface area contributed by atoms with Crippen LogP contribution in [0.5, 0.6) is 0 Å². The Morgan fingerprint density at radius 2 is 1.74 bits per heavy atom. The fourth-order valence-electron chi connectivity index (χ4n) is 3.87. The normalized spacial score (nSPS) is 13.9. The number of rotatable bonds is 9. The predicted octanol–water partition coefficient (Wildman–Crippen LogP) is 2.67. The molecule has 0 unspecified atom stereocenters. The monoisotopic (exact) mass is 516 g/mol. The highest BCUT2D eigenvalue weighted by Crippen LogP contribution is 2.19. The summed E-state index contributed by atoms with van der Waals surface area (Å²) in [5.74, 6) is -1.16. The summed E-state index contributed by atoms with van der Waals surface area (Å²) in [5.41, 5.74) is 7.06. The molecule has 3 aromatic rings. The number of hydrogen-bond donors (Lipinski definition) is 3. The number of piperazine rings is 1. The number of nitrogens with two attached hydrogens (primary N) is 1. The van der Waals surface area contributed by atoms with Crippen molar-refractivity contribution in [2.45, 2.75) is 6.92 Å². The van der Waals surface area contributed by atoms with Gasteiger partial charge in [0.2, 0.25) is 17.6 Å². The SMILES string of the molecule is CC(=O)N1CCN(C/C=C/C(=O)c2cccc(Nc3ncc(C(=O)Nc4ccc(C(N)=O)cc4)o3)c2)CC1. The lowest BCUT2D eigenvalue weighted by Crippen LogP contribution is -2.47. The van der Waals surface area contributed by atoms with Gasteiger partial charge >= 0.3 is 0 Å². The van der Waals surface area contributed by atoms with Crippen molar-refractivity contribution in [1.82, 2.24) is 14.8 Å². The zero-order valence-corrected chi connectivity index (χ0v) is 20.8. The third-order valence-corrected chi connectivity index (χ3v) is 6.01. The van der Waals surface area contributed by atoms with E-state index in [-0.39, 0.29) is 23.5 Å². The highest BCUT2D eigenvalue weighted by atomic mass is 16.4. The molecule has 38 heavy (non-hydrogen) atoms. The van der Waals surface area contributed by atoms with Crippen molar-refractivity contribution < 1.29 is 23.6 Å². The Morgan fingerprint density at radius 3 is 2.42 bits per heavy atom. The van der Waals surface area contributed by atoms with E-state index in [1.54, 1.807) is 49.4 Å². The Morgan fingerprint density at radius 1 is 1.00 bits per heavy atom. The molecule has 0 aliphatic carbocycles. The van der Waals surface area contributed by atoms with Crippen molar-refractivity contribution in [3.05, 3.63) is 83.8 Å². The van der Waals surface area contributed by atoms with E-state index in [1.165, 1.54) is 18.3 Å². The molecule has 11 heteroatoms. The summed E-state index contributed by atoms with van der Waals surface area (Å²) >= 11 is 0. The molecule has 0 radical (unpaired) electrons. The Labute approximate surface area is 219 Å². The number of carbonyl (C=O) groups is 4. The van der Waals surface area contributed by atoms with Gasteiger partial charge in [0.15, 0.2) is 5.78 Å². The highest BCUT2D eigenvalue weighted by Gasteiger charge is 2.17. The van der Waals surface area contributed by atoms with Crippen LogP contribution in [0.3, 0.4) is 0 Å². The average molecular weight is 517 g/mol. The van der Waals surface area contributed by atoms with Crippen LogP contribution in [0.4, 0.5) is 17.4 Å². The number of ketones is 1. The smallest absolute Gasteiger partial charge is 0.299 e. The minimum Gasteiger partial charge on any atom is -0.418 e. The van der Waals surface area contributed by atoms with Crippen LogP contribution in [0.2, 0.25) is 0 Å². The van der Waals surface area contributed by atoms with Gasteiger partial charge in [0.1, 0.15) is 0 Å². The topological polar surface area (TPSA) is 151 Å². The van der Waals surface area contributed by atoms with Crippen LogP contribution in [0.15, 0.2) is 71.3 Å². The van der Waals surface area contributed by atoms with Gasteiger partial charge < -0.3 is 25.7 Å². The molecule has 2 heterocycles. The fourth-order valence-corrected chi connectivity index (χ4v) is 3.87. The number of aromatic nitrogens is 1. The van der Waals surface area contributed by atoms with Crippen molar-refractivity contribution in [3.8, 4) is 0 Å². The van der Waals surface area contributed by atoms with Gasteiger partial charge in [0.05, 0.1) is 6.20 Å². The van der Waals surface area contributed by atoms with Crippen LogP contribution < -0.4 is 16.4 Å². The van der Waals surface area contributed by atoms with Gasteiger partial charge in [0, 0.05) is 62.1 Å². The maximum Gasteiger partial charge on any atom is 0.299 e. The maximum atomic E-state index is 12.7. The number of oxazole rings is 1. The molecule has 4 rings (SSSR count). The van der Waals surface area contributed by atoms with Crippen LogP contribution >= 0.6 is 0 Å². The lowest BCUT2D eigenvalue weighted by Gasteiger charge is -2.33. The zero-order chi connectivity index (χ0) is 27.1. The molecule has 1 aliphatic rings. The fraction of sp³-hybridized carbons (Fsp3) is 0.222. The Kier molecular flexibility index (Phi) is 8.29. The first kappa shape index (κ1) is 26.3. The van der Waals surface area contributed by atoms with E-state index in [2.05, 4.69) is 20.5 Å². The lowest BCUT2D eigenvalue weighted by atomic mass is 10.1. The van der Waals surface area contributed by atoms with E-state index in [0.29, 0.717) is 42.1 Å². The number of anilines is 3. The summed E-state index contributed by atoms with van der Waals surface area (Å²) in [4.78, 5) is 55.8. The quantitative estimate of drug-likeness (QED) is 0.290. The van der Waals surface area contributed by atoms with Crippen LogP contribution in [0.1, 0.15) is 38.2 Å². The predicted molar refractivity (Wildman–Crippen MR) is 141 cm³/mol. The number of hydrogen-bond acceptors (Lipinski definition) is 8. The van der Waals surface area contributed by atoms with E-state index in [9.17, 15) is 19.2 Å². The summed E-state index contributed by atoms with van der Waals surface area (Å²) in [6, 6.07) is 13.1. The highest BCUT2D eigenvalue weighted by molar-refractivity contribution is 6.05. The minimum atomic E-state index is -0.559. The second kappa shape index (κ2) is 12.0. The van der Waals surface area contributed by atoms with Gasteiger partial charge in [0.25, 0.3) is 11.9 Å². The van der Waals surface area contributed by atoms with Gasteiger partial charge in [-0.2, -0.15) is 0 Å². The molecular weight excluding hydrogens is 488 g/mol. The summed E-state index contributed by atoms with van der Waals surface area (Å²) < 4.78 is 5.50. The van der Waals surface area contributed by atoms with Gasteiger partial charge in [-0.3, -0.25) is 24.1 Å². The maximum absolute atomic E-state index is 12.7. The lowest BCUT2D eigenvalue weighted by molar-refractivity contribution is -0.130. The Bertz CT molecular complexity index is 1360. The number of nitrogens with one attached hydrogen (secondary N) is 2. The van der Waals surface area contributed by atoms with Crippen LogP contribution in [0.25, 0.3) is 0 Å². The molecule has 2 aromatic carbocycles. The van der Waals surface area contributed by atoms with E-state index in [4.69, 9.17) is 10.2 Å². The van der Waals surface area contributed by atoms with Crippen molar-refractivity contribution in [3.63, 3.8) is 0 Å². The Balaban J connectivity index is 1.30. The molecular formula is C27H28N6O5. The second-order valence-electron chi connectivity index (χ2n) is 8.70. The molecule has 11 nitrogen and oxygen atoms in total. The zero-order valence-electron chi connectivity index (χ0n) is 20.8. The molecule has 0 spiro atoms. The average Bonchev–Trinajstić information content (AvgIpc) is 3.38. The molecule has 1 aliphatic heterocycles. The van der Waals surface area contributed by atoms with Crippen molar-refractivity contribution >= 4 is 40.9 Å². The minimum absolute atomic E-state index is 0.0224. The van der Waals surface area contributed by atoms with Crippen LogP contribution in [-0.4, -0.2) is 71.0 Å². The molecule has 1 aromatic heterocycles. The number of primary amides is 1. The number of amides is 3. The second-order valence-corrected chi connectivity index (χ2v) is 8.70. The van der Waals surface area contributed by atoms with Crippen molar-refractivity contribution in [2.75, 3.05) is 43.4 Å². The molecule has 4 N–H and O–H groups in total. The van der Waals surface area contributed by atoms with E-state index in [1.807, 2.05) is 11.0 Å². The van der Waals surface area contributed by atoms with Gasteiger partial charge in [-0.15, -0.1) is 0 Å². The van der Waals surface area contributed by atoms with E-state index < -0.39 is 11.8 Å². The summed E-state index contributed by atoms with van der Waals surface area (Å²) in [6.07, 6.45) is 4.65. The molecule has 3 amide bonds. The third-order valence-electron chi connectivity index (χ3n) is 6.01. The van der Waals surface area contributed by atoms with Crippen LogP contribution in [0, 0.1) is 0 Å². The van der Waals surface area contributed by atoms with Crippen molar-refractivity contribution in [2.24, 2.45) is 5.73 Å². The van der Waals surface area contributed by atoms with Gasteiger partial charge in [-0.05, 0) is 42.5 Å². The van der Waals surface area contributed by atoms with Gasteiger partial charge in [-0.1, -0.05) is 18.2 Å². The first-order valence-electron chi connectivity index (χ1n) is 12.0. The first-order chi connectivity index (χ1) is 18.3. The summed E-state index contributed by atoms with van der Waals surface area (Å²) in [7, 11) is 0. The summed E-state index contributed by atoms with van der Waals surface area (Å²) in [5, 5.41) is 5.60. The standard InChI is InChI=1S/C27H28N6O5/c1-18(34)33-14-12-32(13-15-33)11-3-6-23(35)20-4-2-5-22(16-20)31-27-29-17-24(38-27)26(37)30-21-9-7-19(8-10-21)25(28)36/h2-10,16-17H,11-15H2,1H3,(H2,28,36)(H,29,31)(H,30,37)/b6-3+. The van der Waals surface area contributed by atoms with E-state index >= 15 is 0 Å². The molecule has 0 atom stereocenters.